The molecule has 23 heavy (non-hydrogen) atoms. The molecule has 0 bridgehead atoms. The minimum Gasteiger partial charge on any atom is -0.363 e. The van der Waals surface area contributed by atoms with Crippen molar-refractivity contribution < 1.29 is 9.59 Å². The van der Waals surface area contributed by atoms with Gasteiger partial charge in [0.15, 0.2) is 4.34 Å². The second-order valence-electron chi connectivity index (χ2n) is 4.87. The molecule has 3 rings (SSSR count). The highest BCUT2D eigenvalue weighted by atomic mass is 32.2. The Kier molecular flexibility index (Phi) is 4.49. The number of carbonyl (C=O) groups excluding carboxylic acids is 2. The number of amides is 2. The van der Waals surface area contributed by atoms with Gasteiger partial charge in [0.25, 0.3) is 0 Å². The molecular formula is C14H15N5O2S2. The van der Waals surface area contributed by atoms with Crippen molar-refractivity contribution in [2.45, 2.75) is 16.5 Å². The Morgan fingerprint density at radius 3 is 2.96 bits per heavy atom. The highest BCUT2D eigenvalue weighted by molar-refractivity contribution is 8.02. The highest BCUT2D eigenvalue weighted by Gasteiger charge is 2.30. The number of hydrogen-bond donors (Lipinski definition) is 2. The van der Waals surface area contributed by atoms with Gasteiger partial charge >= 0.3 is 0 Å². The summed E-state index contributed by atoms with van der Waals surface area (Å²) in [5, 5.41) is 14.0. The van der Waals surface area contributed by atoms with E-state index in [1.807, 2.05) is 25.1 Å². The minimum atomic E-state index is -0.369. The average molecular weight is 349 g/mol. The molecule has 120 valence electrons. The van der Waals surface area contributed by atoms with Crippen LogP contribution in [0.1, 0.15) is 6.92 Å². The molecule has 0 fully saturated rings. The Morgan fingerprint density at radius 1 is 1.43 bits per heavy atom. The summed E-state index contributed by atoms with van der Waals surface area (Å²) in [7, 11) is 1.77. The normalized spacial score (nSPS) is 14.9. The molecule has 2 aromatic rings. The largest absolute Gasteiger partial charge is 0.363 e. The number of aromatic nitrogens is 2. The number of para-hydroxylation sites is 2. The lowest BCUT2D eigenvalue weighted by Crippen LogP contribution is -2.45. The number of carbonyl (C=O) groups is 2. The molecule has 7 nitrogen and oxygen atoms in total. The molecule has 0 unspecified atom stereocenters. The first-order valence-electron chi connectivity index (χ1n) is 6.96. The van der Waals surface area contributed by atoms with Crippen LogP contribution in [-0.2, 0) is 9.59 Å². The third-order valence-electron chi connectivity index (χ3n) is 3.28. The van der Waals surface area contributed by atoms with Gasteiger partial charge in [0.2, 0.25) is 16.9 Å². The number of benzene rings is 1. The van der Waals surface area contributed by atoms with Crippen molar-refractivity contribution in [1.29, 1.82) is 0 Å². The Balaban J connectivity index is 1.78. The van der Waals surface area contributed by atoms with Crippen LogP contribution in [0, 0.1) is 0 Å². The van der Waals surface area contributed by atoms with Crippen molar-refractivity contribution in [3.63, 3.8) is 0 Å². The molecule has 0 saturated heterocycles. The van der Waals surface area contributed by atoms with Crippen LogP contribution >= 0.6 is 23.1 Å². The van der Waals surface area contributed by atoms with E-state index >= 15 is 0 Å². The van der Waals surface area contributed by atoms with Crippen LogP contribution in [0.25, 0.3) is 0 Å². The zero-order valence-corrected chi connectivity index (χ0v) is 14.2. The first-order valence-corrected chi connectivity index (χ1v) is 8.66. The lowest BCUT2D eigenvalue weighted by atomic mass is 10.2. The van der Waals surface area contributed by atoms with E-state index in [4.69, 9.17) is 0 Å². The number of anilines is 3. The molecule has 0 radical (unpaired) electrons. The van der Waals surface area contributed by atoms with Crippen molar-refractivity contribution in [2.24, 2.45) is 0 Å². The van der Waals surface area contributed by atoms with E-state index in [1.165, 1.54) is 28.0 Å². The lowest BCUT2D eigenvalue weighted by molar-refractivity contribution is -0.121. The Bertz CT molecular complexity index is 748. The van der Waals surface area contributed by atoms with Crippen molar-refractivity contribution in [1.82, 2.24) is 10.2 Å². The van der Waals surface area contributed by atoms with Gasteiger partial charge in [-0.2, -0.15) is 0 Å². The van der Waals surface area contributed by atoms with Gasteiger partial charge in [0.1, 0.15) is 6.54 Å². The Labute approximate surface area is 141 Å². The minimum absolute atomic E-state index is 0.0264. The molecule has 9 heteroatoms. The van der Waals surface area contributed by atoms with Gasteiger partial charge in [-0.05, 0) is 19.1 Å². The first-order chi connectivity index (χ1) is 11.1. The Hall–Kier alpha value is -2.13. The highest BCUT2D eigenvalue weighted by Crippen LogP contribution is 2.33. The van der Waals surface area contributed by atoms with E-state index < -0.39 is 0 Å². The molecule has 1 aliphatic heterocycles. The number of nitrogens with zero attached hydrogens (tertiary/aromatic N) is 3. The van der Waals surface area contributed by atoms with E-state index in [1.54, 1.807) is 13.1 Å². The van der Waals surface area contributed by atoms with Gasteiger partial charge in [0.05, 0.1) is 16.6 Å². The molecule has 1 aromatic carbocycles. The molecule has 1 aromatic heterocycles. The smallest absolute Gasteiger partial charge is 0.244 e. The number of hydrogen-bond acceptors (Lipinski definition) is 7. The van der Waals surface area contributed by atoms with E-state index in [0.29, 0.717) is 15.2 Å². The topological polar surface area (TPSA) is 87.2 Å². The SMILES string of the molecule is CNc1nnc(S[C@@H](C)C(=O)N2CC(=O)Nc3ccccc32)s1. The lowest BCUT2D eigenvalue weighted by Gasteiger charge is -2.30. The van der Waals surface area contributed by atoms with Crippen molar-refractivity contribution in [2.75, 3.05) is 29.1 Å². The monoisotopic (exact) mass is 349 g/mol. The number of thioether (sulfide) groups is 1. The molecule has 2 heterocycles. The Morgan fingerprint density at radius 2 is 2.22 bits per heavy atom. The van der Waals surface area contributed by atoms with Crippen LogP contribution in [0.5, 0.6) is 0 Å². The molecule has 2 N–H and O–H groups in total. The maximum atomic E-state index is 12.8. The van der Waals surface area contributed by atoms with Gasteiger partial charge in [-0.15, -0.1) is 10.2 Å². The van der Waals surface area contributed by atoms with Gasteiger partial charge < -0.3 is 10.6 Å². The van der Waals surface area contributed by atoms with Crippen molar-refractivity contribution >= 4 is 51.4 Å². The fourth-order valence-electron chi connectivity index (χ4n) is 2.21. The maximum absolute atomic E-state index is 12.8. The molecule has 1 atom stereocenters. The van der Waals surface area contributed by atoms with Gasteiger partial charge in [-0.1, -0.05) is 35.2 Å². The van der Waals surface area contributed by atoms with E-state index in [2.05, 4.69) is 20.8 Å². The fraction of sp³-hybridized carbons (Fsp3) is 0.286. The summed E-state index contributed by atoms with van der Waals surface area (Å²) in [5.41, 5.74) is 1.38. The average Bonchev–Trinajstić information content (AvgIpc) is 3.00. The molecule has 2 amide bonds. The maximum Gasteiger partial charge on any atom is 0.244 e. The van der Waals surface area contributed by atoms with Gasteiger partial charge in [-0.3, -0.25) is 14.5 Å². The summed E-state index contributed by atoms with van der Waals surface area (Å²) in [4.78, 5) is 26.1. The third kappa shape index (κ3) is 3.30. The van der Waals surface area contributed by atoms with Crippen LogP contribution < -0.4 is 15.5 Å². The van der Waals surface area contributed by atoms with E-state index in [-0.39, 0.29) is 23.6 Å². The summed E-state index contributed by atoms with van der Waals surface area (Å²) < 4.78 is 0.713. The summed E-state index contributed by atoms with van der Waals surface area (Å²) in [5.74, 6) is -0.318. The predicted octanol–water partition coefficient (Wildman–Crippen LogP) is 2.05. The zero-order chi connectivity index (χ0) is 16.4. The summed E-state index contributed by atoms with van der Waals surface area (Å²) in [6.45, 7) is 1.83. The van der Waals surface area contributed by atoms with Crippen molar-refractivity contribution in [3.05, 3.63) is 24.3 Å². The van der Waals surface area contributed by atoms with Crippen LogP contribution in [0.2, 0.25) is 0 Å². The zero-order valence-electron chi connectivity index (χ0n) is 12.6. The standard InChI is InChI=1S/C14H15N5O2S2/c1-8(22-14-18-17-13(15-2)23-14)12(21)19-7-11(20)16-9-5-3-4-6-10(9)19/h3-6,8H,7H2,1-2H3,(H,15,17)(H,16,20)/t8-/m0/s1. The predicted molar refractivity (Wildman–Crippen MR) is 92.2 cm³/mol. The summed E-state index contributed by atoms with van der Waals surface area (Å²) >= 11 is 2.73. The molecule has 0 saturated carbocycles. The number of nitrogens with one attached hydrogen (secondary N) is 2. The number of fused-ring (bicyclic) bond motifs is 1. The van der Waals surface area contributed by atoms with Gasteiger partial charge in [-0.25, -0.2) is 0 Å². The summed E-state index contributed by atoms with van der Waals surface area (Å²) in [6, 6.07) is 7.28. The van der Waals surface area contributed by atoms with Gasteiger partial charge in [0, 0.05) is 7.05 Å². The van der Waals surface area contributed by atoms with E-state index in [9.17, 15) is 9.59 Å². The van der Waals surface area contributed by atoms with E-state index in [0.717, 1.165) is 5.69 Å². The molecule has 0 aliphatic carbocycles. The molecule has 0 spiro atoms. The quantitative estimate of drug-likeness (QED) is 0.822. The van der Waals surface area contributed by atoms with Crippen LogP contribution in [-0.4, -0.2) is 40.9 Å². The van der Waals surface area contributed by atoms with Crippen molar-refractivity contribution in [3.8, 4) is 0 Å². The first kappa shape index (κ1) is 15.8. The van der Waals surface area contributed by atoms with Crippen LogP contribution in [0.15, 0.2) is 28.6 Å². The summed E-state index contributed by atoms with van der Waals surface area (Å²) in [6.07, 6.45) is 0. The second-order valence-corrected chi connectivity index (χ2v) is 7.44. The van der Waals surface area contributed by atoms with Crippen LogP contribution in [0.3, 0.4) is 0 Å². The molecule has 1 aliphatic rings. The number of rotatable bonds is 4. The van der Waals surface area contributed by atoms with Crippen LogP contribution in [0.4, 0.5) is 16.5 Å². The fourth-order valence-corrected chi connectivity index (χ4v) is 4.12. The second kappa shape index (κ2) is 6.55. The molecular weight excluding hydrogens is 334 g/mol. The third-order valence-corrected chi connectivity index (χ3v) is 5.39.